The summed E-state index contributed by atoms with van der Waals surface area (Å²) >= 11 is 0. The number of halogens is 4. The Morgan fingerprint density at radius 1 is 1.19 bits per heavy atom. The molecule has 6 nitrogen and oxygen atoms in total. The molecule has 144 valence electrons. The summed E-state index contributed by atoms with van der Waals surface area (Å²) in [5, 5.41) is 8.88. The van der Waals surface area contributed by atoms with Crippen LogP contribution in [0.2, 0.25) is 0 Å². The van der Waals surface area contributed by atoms with Crippen LogP contribution < -0.4 is 4.74 Å². The number of aliphatic carboxylic acids is 1. The third-order valence-corrected chi connectivity index (χ3v) is 4.08. The first-order chi connectivity index (χ1) is 12.6. The summed E-state index contributed by atoms with van der Waals surface area (Å²) in [6, 6.07) is 7.73. The maximum Gasteiger partial charge on any atom is 0.573 e. The van der Waals surface area contributed by atoms with Crippen LogP contribution in [0.1, 0.15) is 17.0 Å². The molecule has 0 saturated carbocycles. The minimum atomic E-state index is -4.90. The average Bonchev–Trinajstić information content (AvgIpc) is 3.21. The topological polar surface area (TPSA) is 80.0 Å². The van der Waals surface area contributed by atoms with Crippen molar-refractivity contribution in [3.63, 3.8) is 0 Å². The Kier molecular flexibility index (Phi) is 4.58. The van der Waals surface area contributed by atoms with E-state index in [-0.39, 0.29) is 30.0 Å². The maximum atomic E-state index is 14.1. The van der Waals surface area contributed by atoms with E-state index in [1.54, 1.807) is 0 Å². The second-order valence-electron chi connectivity index (χ2n) is 5.96. The molecule has 0 spiro atoms. The van der Waals surface area contributed by atoms with Crippen molar-refractivity contribution >= 4 is 11.9 Å². The van der Waals surface area contributed by atoms with Gasteiger partial charge >= 0.3 is 12.3 Å². The SMILES string of the molecule is O=C(c1ccc(-c2ccccc2OC(F)(F)F)o1)N1CCC(F)(C(=O)O)C1. The van der Waals surface area contributed by atoms with Crippen molar-refractivity contribution in [1.82, 2.24) is 4.90 Å². The van der Waals surface area contributed by atoms with E-state index in [9.17, 15) is 27.2 Å². The normalized spacial score (nSPS) is 19.9. The van der Waals surface area contributed by atoms with Gasteiger partial charge in [0.1, 0.15) is 11.5 Å². The van der Waals surface area contributed by atoms with Crippen LogP contribution in [0.25, 0.3) is 11.3 Å². The summed E-state index contributed by atoms with van der Waals surface area (Å²) in [6.45, 7) is -0.754. The highest BCUT2D eigenvalue weighted by molar-refractivity contribution is 5.93. The lowest BCUT2D eigenvalue weighted by atomic mass is 10.1. The van der Waals surface area contributed by atoms with Gasteiger partial charge in [-0.1, -0.05) is 12.1 Å². The zero-order chi connectivity index (χ0) is 19.8. The van der Waals surface area contributed by atoms with Crippen molar-refractivity contribution in [2.75, 3.05) is 13.1 Å². The van der Waals surface area contributed by atoms with E-state index >= 15 is 0 Å². The molecule has 0 radical (unpaired) electrons. The first-order valence-corrected chi connectivity index (χ1v) is 7.76. The molecule has 2 aromatic rings. The Hall–Kier alpha value is -3.04. The summed E-state index contributed by atoms with van der Waals surface area (Å²) in [6.07, 6.45) is -5.26. The number of hydrogen-bond acceptors (Lipinski definition) is 4. The smallest absolute Gasteiger partial charge is 0.479 e. The van der Waals surface area contributed by atoms with Gasteiger partial charge in [-0.15, -0.1) is 13.2 Å². The van der Waals surface area contributed by atoms with E-state index < -0.39 is 36.2 Å². The fourth-order valence-electron chi connectivity index (χ4n) is 2.76. The molecule has 0 aliphatic carbocycles. The molecule has 10 heteroatoms. The Morgan fingerprint density at radius 3 is 2.52 bits per heavy atom. The van der Waals surface area contributed by atoms with Crippen LogP contribution in [0.15, 0.2) is 40.8 Å². The zero-order valence-electron chi connectivity index (χ0n) is 13.6. The van der Waals surface area contributed by atoms with E-state index in [0.717, 1.165) is 11.0 Å². The number of hydrogen-bond donors (Lipinski definition) is 1. The van der Waals surface area contributed by atoms with Gasteiger partial charge in [0.2, 0.25) is 5.67 Å². The predicted octanol–water partition coefficient (Wildman–Crippen LogP) is 3.48. The molecule has 1 unspecified atom stereocenters. The molecule has 2 heterocycles. The highest BCUT2D eigenvalue weighted by Gasteiger charge is 2.47. The summed E-state index contributed by atoms with van der Waals surface area (Å²) in [5.41, 5.74) is -2.56. The molecule has 1 aromatic heterocycles. The van der Waals surface area contributed by atoms with E-state index in [2.05, 4.69) is 4.74 Å². The second-order valence-corrected chi connectivity index (χ2v) is 5.96. The molecule has 27 heavy (non-hydrogen) atoms. The number of alkyl halides is 4. The van der Waals surface area contributed by atoms with Gasteiger partial charge in [-0.3, -0.25) is 4.79 Å². The monoisotopic (exact) mass is 387 g/mol. The third-order valence-electron chi connectivity index (χ3n) is 4.08. The van der Waals surface area contributed by atoms with Crippen LogP contribution in [0.5, 0.6) is 5.75 Å². The fourth-order valence-corrected chi connectivity index (χ4v) is 2.76. The highest BCUT2D eigenvalue weighted by Crippen LogP contribution is 2.35. The average molecular weight is 387 g/mol. The molecule has 1 saturated heterocycles. The van der Waals surface area contributed by atoms with Crippen molar-refractivity contribution < 1.29 is 41.4 Å². The minimum Gasteiger partial charge on any atom is -0.479 e. The van der Waals surface area contributed by atoms with Crippen molar-refractivity contribution in [3.8, 4) is 17.1 Å². The summed E-state index contributed by atoms with van der Waals surface area (Å²) in [5.74, 6) is -3.22. The number of para-hydroxylation sites is 1. The Bertz CT molecular complexity index is 878. The van der Waals surface area contributed by atoms with Crippen molar-refractivity contribution in [1.29, 1.82) is 0 Å². The van der Waals surface area contributed by atoms with Crippen LogP contribution in [0.3, 0.4) is 0 Å². The summed E-state index contributed by atoms with van der Waals surface area (Å²) in [7, 11) is 0. The van der Waals surface area contributed by atoms with Gasteiger partial charge in [0.25, 0.3) is 5.91 Å². The first kappa shape index (κ1) is 18.7. The van der Waals surface area contributed by atoms with E-state index in [1.807, 2.05) is 0 Å². The number of amides is 1. The van der Waals surface area contributed by atoms with Gasteiger partial charge in [-0.2, -0.15) is 0 Å². The molecular formula is C17H13F4NO5. The molecule has 1 amide bonds. The predicted molar refractivity (Wildman–Crippen MR) is 82.8 cm³/mol. The Balaban J connectivity index is 1.82. The fraction of sp³-hybridized carbons (Fsp3) is 0.294. The number of rotatable bonds is 4. The highest BCUT2D eigenvalue weighted by atomic mass is 19.4. The number of carbonyl (C=O) groups is 2. The number of carbonyl (C=O) groups excluding carboxylic acids is 1. The number of furan rings is 1. The number of likely N-dealkylation sites (tertiary alicyclic amines) is 1. The van der Waals surface area contributed by atoms with Gasteiger partial charge in [0, 0.05) is 13.0 Å². The van der Waals surface area contributed by atoms with Gasteiger partial charge < -0.3 is 19.2 Å². The van der Waals surface area contributed by atoms with Gasteiger partial charge in [0.05, 0.1) is 12.1 Å². The van der Waals surface area contributed by atoms with E-state index in [1.165, 1.54) is 30.3 Å². The van der Waals surface area contributed by atoms with Crippen LogP contribution in [-0.2, 0) is 4.79 Å². The zero-order valence-corrected chi connectivity index (χ0v) is 13.6. The molecule has 1 aliphatic rings. The molecule has 1 atom stereocenters. The minimum absolute atomic E-state index is 0.0272. The maximum absolute atomic E-state index is 14.1. The Morgan fingerprint density at radius 2 is 1.89 bits per heavy atom. The number of carboxylic acids is 1. The quantitative estimate of drug-likeness (QED) is 0.813. The molecule has 0 bridgehead atoms. The Labute approximate surface area is 149 Å². The van der Waals surface area contributed by atoms with Crippen molar-refractivity contribution in [2.24, 2.45) is 0 Å². The molecule has 3 rings (SSSR count). The lowest BCUT2D eigenvalue weighted by Gasteiger charge is -2.16. The first-order valence-electron chi connectivity index (χ1n) is 7.76. The van der Waals surface area contributed by atoms with Crippen LogP contribution in [0.4, 0.5) is 17.6 Å². The lowest BCUT2D eigenvalue weighted by Crippen LogP contribution is -2.38. The van der Waals surface area contributed by atoms with Crippen LogP contribution in [0, 0.1) is 0 Å². The summed E-state index contributed by atoms with van der Waals surface area (Å²) < 4.78 is 60.9. The summed E-state index contributed by atoms with van der Waals surface area (Å²) in [4.78, 5) is 24.3. The van der Waals surface area contributed by atoms with Gasteiger partial charge in [-0.25, -0.2) is 9.18 Å². The lowest BCUT2D eigenvalue weighted by molar-refractivity contribution is -0.274. The number of ether oxygens (including phenoxy) is 1. The van der Waals surface area contributed by atoms with Crippen LogP contribution in [-0.4, -0.2) is 47.0 Å². The molecular weight excluding hydrogens is 374 g/mol. The van der Waals surface area contributed by atoms with Gasteiger partial charge in [-0.05, 0) is 24.3 Å². The number of nitrogens with zero attached hydrogens (tertiary/aromatic N) is 1. The van der Waals surface area contributed by atoms with Crippen molar-refractivity contribution in [3.05, 3.63) is 42.2 Å². The van der Waals surface area contributed by atoms with Crippen molar-refractivity contribution in [2.45, 2.75) is 18.5 Å². The number of benzene rings is 1. The molecule has 1 N–H and O–H groups in total. The molecule has 1 aliphatic heterocycles. The molecule has 1 aromatic carbocycles. The number of carboxylic acid groups (broad SMARTS) is 1. The third kappa shape index (κ3) is 3.88. The van der Waals surface area contributed by atoms with E-state index in [4.69, 9.17) is 9.52 Å². The second kappa shape index (κ2) is 6.60. The standard InChI is InChI=1S/C17H13F4NO5/c18-16(15(24)25)7-8-22(9-16)14(23)13-6-5-11(26-13)10-3-1-2-4-12(10)27-17(19,20)21/h1-6H,7-9H2,(H,24,25). The largest absolute Gasteiger partial charge is 0.573 e. The van der Waals surface area contributed by atoms with E-state index in [0.29, 0.717) is 0 Å². The molecule has 1 fully saturated rings. The van der Waals surface area contributed by atoms with Gasteiger partial charge in [0.15, 0.2) is 5.76 Å². The van der Waals surface area contributed by atoms with Crippen LogP contribution >= 0.6 is 0 Å².